The van der Waals surface area contributed by atoms with Gasteiger partial charge in [0.2, 0.25) is 5.91 Å². The number of anilines is 1. The van der Waals surface area contributed by atoms with Crippen LogP contribution in [0.5, 0.6) is 5.75 Å². The van der Waals surface area contributed by atoms with Gasteiger partial charge in [0.25, 0.3) is 0 Å². The molecule has 0 aliphatic carbocycles. The number of nitrogens with one attached hydrogen (secondary N) is 1. The molecule has 1 aliphatic rings. The summed E-state index contributed by atoms with van der Waals surface area (Å²) in [6.45, 7) is 3.72. The summed E-state index contributed by atoms with van der Waals surface area (Å²) in [7, 11) is 1.65. The topological polar surface area (TPSA) is 41.6 Å². The molecule has 1 unspecified atom stereocenters. The summed E-state index contributed by atoms with van der Waals surface area (Å²) < 4.78 is 5.13. The normalized spacial score (nSPS) is 17.2. The number of carbonyl (C=O) groups is 1. The minimum atomic E-state index is -0.193. The summed E-state index contributed by atoms with van der Waals surface area (Å²) in [5, 5.41) is 3.26. The Morgan fingerprint density at radius 1 is 1.15 bits per heavy atom. The zero-order valence-corrected chi connectivity index (χ0v) is 12.4. The highest BCUT2D eigenvalue weighted by molar-refractivity contribution is 5.84. The van der Waals surface area contributed by atoms with Crippen molar-refractivity contribution in [3.05, 3.63) is 24.3 Å². The first-order valence-electron chi connectivity index (χ1n) is 7.40. The maximum Gasteiger partial charge on any atom is 0.244 e. The van der Waals surface area contributed by atoms with Crippen molar-refractivity contribution in [2.24, 2.45) is 0 Å². The van der Waals surface area contributed by atoms with Crippen LogP contribution in [0.25, 0.3) is 0 Å². The maximum atomic E-state index is 12.4. The summed E-state index contributed by atoms with van der Waals surface area (Å²) >= 11 is 0. The molecule has 20 heavy (non-hydrogen) atoms. The lowest BCUT2D eigenvalue weighted by Crippen LogP contribution is -2.41. The zero-order valence-electron chi connectivity index (χ0n) is 12.4. The minimum absolute atomic E-state index is 0.193. The smallest absolute Gasteiger partial charge is 0.244 e. The molecule has 1 fully saturated rings. The van der Waals surface area contributed by atoms with Crippen LogP contribution in [0.15, 0.2) is 24.3 Å². The molecule has 2 rings (SSSR count). The third-order valence-electron chi connectivity index (χ3n) is 3.76. The van der Waals surface area contributed by atoms with E-state index in [0.717, 1.165) is 37.4 Å². The van der Waals surface area contributed by atoms with Gasteiger partial charge in [0.05, 0.1) is 7.11 Å². The number of methoxy groups -OCH3 is 1. The molecule has 0 saturated carbocycles. The maximum absolute atomic E-state index is 12.4. The molecule has 1 aromatic carbocycles. The fourth-order valence-corrected chi connectivity index (χ4v) is 2.56. The highest BCUT2D eigenvalue weighted by Gasteiger charge is 2.21. The molecular formula is C16H24N2O2. The van der Waals surface area contributed by atoms with E-state index in [-0.39, 0.29) is 11.9 Å². The van der Waals surface area contributed by atoms with E-state index in [1.807, 2.05) is 36.1 Å². The molecule has 1 N–H and O–H groups in total. The van der Waals surface area contributed by atoms with Crippen molar-refractivity contribution in [3.8, 4) is 5.75 Å². The third-order valence-corrected chi connectivity index (χ3v) is 3.76. The van der Waals surface area contributed by atoms with Gasteiger partial charge in [-0.25, -0.2) is 0 Å². The Balaban J connectivity index is 1.92. The van der Waals surface area contributed by atoms with Gasteiger partial charge in [-0.15, -0.1) is 0 Å². The quantitative estimate of drug-likeness (QED) is 0.919. The van der Waals surface area contributed by atoms with Crippen LogP contribution >= 0.6 is 0 Å². The lowest BCUT2D eigenvalue weighted by atomic mass is 10.2. The molecule has 4 nitrogen and oxygen atoms in total. The molecular weight excluding hydrogens is 252 g/mol. The van der Waals surface area contributed by atoms with Crippen LogP contribution < -0.4 is 10.1 Å². The number of benzene rings is 1. The van der Waals surface area contributed by atoms with Crippen molar-refractivity contribution in [2.45, 2.75) is 38.6 Å². The fraction of sp³-hybridized carbons (Fsp3) is 0.562. The SMILES string of the molecule is COc1ccc(NC(C)C(=O)N2CCCCCC2)cc1. The van der Waals surface area contributed by atoms with Gasteiger partial charge in [-0.3, -0.25) is 4.79 Å². The number of hydrogen-bond donors (Lipinski definition) is 1. The van der Waals surface area contributed by atoms with Gasteiger partial charge in [0, 0.05) is 18.8 Å². The Morgan fingerprint density at radius 2 is 1.75 bits per heavy atom. The average Bonchev–Trinajstić information content (AvgIpc) is 2.76. The van der Waals surface area contributed by atoms with Crippen LogP contribution in [-0.4, -0.2) is 37.0 Å². The van der Waals surface area contributed by atoms with Gasteiger partial charge in [-0.05, 0) is 44.0 Å². The third kappa shape index (κ3) is 3.89. The second-order valence-electron chi connectivity index (χ2n) is 5.33. The van der Waals surface area contributed by atoms with Crippen LogP contribution in [0, 0.1) is 0 Å². The molecule has 1 saturated heterocycles. The van der Waals surface area contributed by atoms with E-state index in [0.29, 0.717) is 0 Å². The van der Waals surface area contributed by atoms with E-state index in [2.05, 4.69) is 5.32 Å². The van der Waals surface area contributed by atoms with Gasteiger partial charge in [-0.1, -0.05) is 12.8 Å². The Kier molecular flexibility index (Phi) is 5.27. The number of carbonyl (C=O) groups excluding carboxylic acids is 1. The van der Waals surface area contributed by atoms with Gasteiger partial charge in [0.1, 0.15) is 11.8 Å². The average molecular weight is 276 g/mol. The van der Waals surface area contributed by atoms with E-state index >= 15 is 0 Å². The summed E-state index contributed by atoms with van der Waals surface area (Å²) in [5.74, 6) is 1.02. The Bertz CT molecular complexity index is 423. The molecule has 0 radical (unpaired) electrons. The number of ether oxygens (including phenoxy) is 1. The van der Waals surface area contributed by atoms with Crippen LogP contribution in [0.2, 0.25) is 0 Å². The van der Waals surface area contributed by atoms with Gasteiger partial charge < -0.3 is 15.0 Å². The predicted octanol–water partition coefficient (Wildman–Crippen LogP) is 2.90. The predicted molar refractivity (Wildman–Crippen MR) is 81.1 cm³/mol. The Morgan fingerprint density at radius 3 is 2.30 bits per heavy atom. The first kappa shape index (κ1) is 14.7. The fourth-order valence-electron chi connectivity index (χ4n) is 2.56. The Labute approximate surface area is 121 Å². The molecule has 0 bridgehead atoms. The number of likely N-dealkylation sites (tertiary alicyclic amines) is 1. The van der Waals surface area contributed by atoms with Crippen molar-refractivity contribution < 1.29 is 9.53 Å². The van der Waals surface area contributed by atoms with Crippen LogP contribution in [0.1, 0.15) is 32.6 Å². The Hall–Kier alpha value is -1.71. The van der Waals surface area contributed by atoms with E-state index in [9.17, 15) is 4.79 Å². The van der Waals surface area contributed by atoms with Gasteiger partial charge >= 0.3 is 0 Å². The molecule has 0 aromatic heterocycles. The number of hydrogen-bond acceptors (Lipinski definition) is 3. The largest absolute Gasteiger partial charge is 0.497 e. The van der Waals surface area contributed by atoms with Gasteiger partial charge in [-0.2, -0.15) is 0 Å². The van der Waals surface area contributed by atoms with Crippen molar-refractivity contribution in [1.29, 1.82) is 0 Å². The van der Waals surface area contributed by atoms with Crippen LogP contribution in [0.4, 0.5) is 5.69 Å². The second kappa shape index (κ2) is 7.17. The lowest BCUT2D eigenvalue weighted by molar-refractivity contribution is -0.131. The summed E-state index contributed by atoms with van der Waals surface area (Å²) in [6, 6.07) is 7.47. The highest BCUT2D eigenvalue weighted by Crippen LogP contribution is 2.17. The molecule has 1 heterocycles. The highest BCUT2D eigenvalue weighted by atomic mass is 16.5. The van der Waals surface area contributed by atoms with Crippen molar-refractivity contribution in [3.63, 3.8) is 0 Å². The zero-order chi connectivity index (χ0) is 14.4. The summed E-state index contributed by atoms with van der Waals surface area (Å²) in [6.07, 6.45) is 4.73. The molecule has 1 aromatic rings. The summed E-state index contributed by atoms with van der Waals surface area (Å²) in [4.78, 5) is 14.4. The van der Waals surface area contributed by atoms with Crippen molar-refractivity contribution in [1.82, 2.24) is 4.90 Å². The van der Waals surface area contributed by atoms with E-state index < -0.39 is 0 Å². The van der Waals surface area contributed by atoms with Crippen molar-refractivity contribution in [2.75, 3.05) is 25.5 Å². The van der Waals surface area contributed by atoms with Gasteiger partial charge in [0.15, 0.2) is 0 Å². The van der Waals surface area contributed by atoms with E-state index in [1.165, 1.54) is 12.8 Å². The molecule has 1 amide bonds. The molecule has 0 spiro atoms. The number of amides is 1. The first-order chi connectivity index (χ1) is 9.70. The number of nitrogens with zero attached hydrogens (tertiary/aromatic N) is 1. The lowest BCUT2D eigenvalue weighted by Gasteiger charge is -2.25. The summed E-state index contributed by atoms with van der Waals surface area (Å²) in [5.41, 5.74) is 0.946. The van der Waals surface area contributed by atoms with Crippen LogP contribution in [0.3, 0.4) is 0 Å². The molecule has 1 aliphatic heterocycles. The van der Waals surface area contributed by atoms with E-state index in [1.54, 1.807) is 7.11 Å². The molecule has 110 valence electrons. The first-order valence-corrected chi connectivity index (χ1v) is 7.40. The minimum Gasteiger partial charge on any atom is -0.497 e. The standard InChI is InChI=1S/C16H24N2O2/c1-13(16(19)18-11-5-3-4-6-12-18)17-14-7-9-15(20-2)10-8-14/h7-10,13,17H,3-6,11-12H2,1-2H3. The van der Waals surface area contributed by atoms with Crippen molar-refractivity contribution >= 4 is 11.6 Å². The second-order valence-corrected chi connectivity index (χ2v) is 5.33. The van der Waals surface area contributed by atoms with E-state index in [4.69, 9.17) is 4.74 Å². The molecule has 1 atom stereocenters. The molecule has 4 heteroatoms. The monoisotopic (exact) mass is 276 g/mol. The van der Waals surface area contributed by atoms with Crippen LogP contribution in [-0.2, 0) is 4.79 Å². The number of rotatable bonds is 4.